The molecule has 0 bridgehead atoms. The van der Waals surface area contributed by atoms with Crippen LogP contribution in [0.1, 0.15) is 18.9 Å². The molecular formula is C15H20N2O3. The number of carboxylic acid groups (broad SMARTS) is 1. The molecule has 1 aliphatic rings. The first-order valence-corrected chi connectivity index (χ1v) is 6.83. The van der Waals surface area contributed by atoms with Gasteiger partial charge >= 0.3 is 5.97 Å². The number of nitrogens with two attached hydrogens (primary N) is 1. The average Bonchev–Trinajstić information content (AvgIpc) is 2.81. The van der Waals surface area contributed by atoms with Gasteiger partial charge in [0.15, 0.2) is 0 Å². The van der Waals surface area contributed by atoms with Crippen LogP contribution >= 0.6 is 0 Å². The van der Waals surface area contributed by atoms with E-state index in [9.17, 15) is 14.7 Å². The first-order chi connectivity index (χ1) is 9.50. The van der Waals surface area contributed by atoms with Crippen LogP contribution in [0.4, 0.5) is 0 Å². The Morgan fingerprint density at radius 2 is 2.05 bits per heavy atom. The molecule has 1 aromatic rings. The molecule has 20 heavy (non-hydrogen) atoms. The summed E-state index contributed by atoms with van der Waals surface area (Å²) in [7, 11) is 0. The van der Waals surface area contributed by atoms with E-state index >= 15 is 0 Å². The van der Waals surface area contributed by atoms with Crippen LogP contribution < -0.4 is 5.73 Å². The molecule has 5 heteroatoms. The minimum atomic E-state index is -0.949. The van der Waals surface area contributed by atoms with Crippen LogP contribution in [0.3, 0.4) is 0 Å². The number of carboxylic acids is 1. The lowest BCUT2D eigenvalue weighted by molar-refractivity contribution is -0.149. The first kappa shape index (κ1) is 14.5. The van der Waals surface area contributed by atoms with E-state index in [4.69, 9.17) is 5.73 Å². The average molecular weight is 276 g/mol. The van der Waals surface area contributed by atoms with Crippen molar-refractivity contribution in [3.05, 3.63) is 35.9 Å². The molecule has 0 saturated carbocycles. The lowest BCUT2D eigenvalue weighted by Crippen LogP contribution is -2.50. The van der Waals surface area contributed by atoms with Crippen LogP contribution in [0.15, 0.2) is 30.3 Å². The van der Waals surface area contributed by atoms with Crippen molar-refractivity contribution in [2.24, 2.45) is 11.7 Å². The minimum Gasteiger partial charge on any atom is -0.480 e. The maximum atomic E-state index is 12.3. The lowest BCUT2D eigenvalue weighted by Gasteiger charge is -2.26. The zero-order chi connectivity index (χ0) is 14.7. The Hall–Kier alpha value is -1.88. The summed E-state index contributed by atoms with van der Waals surface area (Å²) in [4.78, 5) is 25.0. The fraction of sp³-hybridized carbons (Fsp3) is 0.467. The molecule has 3 unspecified atom stereocenters. The zero-order valence-electron chi connectivity index (χ0n) is 11.5. The highest BCUT2D eigenvalue weighted by molar-refractivity contribution is 5.87. The highest BCUT2D eigenvalue weighted by atomic mass is 16.4. The Bertz CT molecular complexity index is 489. The van der Waals surface area contributed by atoms with Gasteiger partial charge in [-0.3, -0.25) is 4.79 Å². The van der Waals surface area contributed by atoms with E-state index in [-0.39, 0.29) is 11.8 Å². The van der Waals surface area contributed by atoms with Gasteiger partial charge in [0, 0.05) is 6.54 Å². The molecule has 0 radical (unpaired) electrons. The van der Waals surface area contributed by atoms with E-state index < -0.39 is 18.1 Å². The highest BCUT2D eigenvalue weighted by Gasteiger charge is 2.40. The minimum absolute atomic E-state index is 0.0274. The summed E-state index contributed by atoms with van der Waals surface area (Å²) in [5.74, 6) is -1.25. The topological polar surface area (TPSA) is 83.6 Å². The fourth-order valence-electron chi connectivity index (χ4n) is 2.74. The molecule has 1 heterocycles. The van der Waals surface area contributed by atoms with Crippen molar-refractivity contribution in [3.8, 4) is 0 Å². The van der Waals surface area contributed by atoms with E-state index in [2.05, 4.69) is 0 Å². The van der Waals surface area contributed by atoms with Crippen LogP contribution in [0.25, 0.3) is 0 Å². The predicted octanol–water partition coefficient (Wildman–Crippen LogP) is 0.878. The van der Waals surface area contributed by atoms with Crippen molar-refractivity contribution in [3.63, 3.8) is 0 Å². The number of carbonyl (C=O) groups is 2. The van der Waals surface area contributed by atoms with E-state index in [1.165, 1.54) is 4.90 Å². The SMILES string of the molecule is CC1CCN(C(=O)C(N)Cc2ccccc2)C1C(=O)O. The smallest absolute Gasteiger partial charge is 0.326 e. The molecule has 1 aliphatic heterocycles. The molecule has 3 N–H and O–H groups in total. The monoisotopic (exact) mass is 276 g/mol. The van der Waals surface area contributed by atoms with Crippen LogP contribution in [-0.2, 0) is 16.0 Å². The Labute approximate surface area is 118 Å². The van der Waals surface area contributed by atoms with E-state index in [1.807, 2.05) is 37.3 Å². The molecule has 0 spiro atoms. The van der Waals surface area contributed by atoms with E-state index in [0.717, 1.165) is 5.56 Å². The summed E-state index contributed by atoms with van der Waals surface area (Å²) < 4.78 is 0. The number of hydrogen-bond donors (Lipinski definition) is 2. The molecule has 0 aromatic heterocycles. The van der Waals surface area contributed by atoms with Gasteiger partial charge in [-0.25, -0.2) is 4.79 Å². The van der Waals surface area contributed by atoms with Gasteiger partial charge < -0.3 is 15.7 Å². The van der Waals surface area contributed by atoms with Crippen molar-refractivity contribution in [2.75, 3.05) is 6.54 Å². The van der Waals surface area contributed by atoms with Crippen LogP contribution in [0.2, 0.25) is 0 Å². The Kier molecular flexibility index (Phi) is 4.39. The number of likely N-dealkylation sites (tertiary alicyclic amines) is 1. The van der Waals surface area contributed by atoms with Crippen molar-refractivity contribution < 1.29 is 14.7 Å². The molecule has 3 atom stereocenters. The first-order valence-electron chi connectivity index (χ1n) is 6.83. The predicted molar refractivity (Wildman–Crippen MR) is 75.0 cm³/mol. The number of aliphatic carboxylic acids is 1. The third-order valence-corrected chi connectivity index (χ3v) is 3.85. The van der Waals surface area contributed by atoms with Crippen LogP contribution in [-0.4, -0.2) is 40.5 Å². The van der Waals surface area contributed by atoms with Gasteiger partial charge in [-0.15, -0.1) is 0 Å². The lowest BCUT2D eigenvalue weighted by atomic mass is 10.0. The van der Waals surface area contributed by atoms with Crippen molar-refractivity contribution >= 4 is 11.9 Å². The van der Waals surface area contributed by atoms with Gasteiger partial charge in [0.25, 0.3) is 0 Å². The number of amides is 1. The molecule has 1 amide bonds. The number of benzene rings is 1. The van der Waals surface area contributed by atoms with Gasteiger partial charge in [0.1, 0.15) is 6.04 Å². The normalized spacial score (nSPS) is 23.6. The quantitative estimate of drug-likeness (QED) is 0.855. The molecule has 108 valence electrons. The zero-order valence-corrected chi connectivity index (χ0v) is 11.5. The van der Waals surface area contributed by atoms with Gasteiger partial charge in [0.2, 0.25) is 5.91 Å². The maximum Gasteiger partial charge on any atom is 0.326 e. The highest BCUT2D eigenvalue weighted by Crippen LogP contribution is 2.25. The van der Waals surface area contributed by atoms with Gasteiger partial charge in [-0.2, -0.15) is 0 Å². The number of rotatable bonds is 4. The summed E-state index contributed by atoms with van der Waals surface area (Å²) in [5.41, 5.74) is 6.93. The van der Waals surface area contributed by atoms with Gasteiger partial charge in [0.05, 0.1) is 6.04 Å². The Balaban J connectivity index is 2.05. The largest absolute Gasteiger partial charge is 0.480 e. The number of nitrogens with zero attached hydrogens (tertiary/aromatic N) is 1. The molecular weight excluding hydrogens is 256 g/mol. The maximum absolute atomic E-state index is 12.3. The molecule has 0 aliphatic carbocycles. The number of hydrogen-bond acceptors (Lipinski definition) is 3. The van der Waals surface area contributed by atoms with Crippen LogP contribution in [0.5, 0.6) is 0 Å². The third-order valence-electron chi connectivity index (χ3n) is 3.85. The van der Waals surface area contributed by atoms with Crippen molar-refractivity contribution in [2.45, 2.75) is 31.8 Å². The Morgan fingerprint density at radius 1 is 1.40 bits per heavy atom. The molecule has 5 nitrogen and oxygen atoms in total. The van der Waals surface area contributed by atoms with Gasteiger partial charge in [-0.05, 0) is 24.3 Å². The summed E-state index contributed by atoms with van der Waals surface area (Å²) in [6.07, 6.45) is 1.14. The second kappa shape index (κ2) is 6.05. The molecule has 2 rings (SSSR count). The summed E-state index contributed by atoms with van der Waals surface area (Å²) >= 11 is 0. The summed E-state index contributed by atoms with van der Waals surface area (Å²) in [6.45, 7) is 2.33. The molecule has 1 fully saturated rings. The molecule has 1 aromatic carbocycles. The second-order valence-electron chi connectivity index (χ2n) is 5.38. The van der Waals surface area contributed by atoms with E-state index in [0.29, 0.717) is 19.4 Å². The van der Waals surface area contributed by atoms with Crippen molar-refractivity contribution in [1.29, 1.82) is 0 Å². The number of carbonyl (C=O) groups excluding carboxylic acids is 1. The summed E-state index contributed by atoms with van der Waals surface area (Å²) in [6, 6.07) is 8.08. The second-order valence-corrected chi connectivity index (χ2v) is 5.38. The van der Waals surface area contributed by atoms with Gasteiger partial charge in [-0.1, -0.05) is 37.3 Å². The third kappa shape index (κ3) is 2.99. The Morgan fingerprint density at radius 3 is 2.65 bits per heavy atom. The summed E-state index contributed by atoms with van der Waals surface area (Å²) in [5, 5.41) is 9.24. The van der Waals surface area contributed by atoms with Crippen LogP contribution in [0, 0.1) is 5.92 Å². The fourth-order valence-corrected chi connectivity index (χ4v) is 2.74. The molecule has 1 saturated heterocycles. The van der Waals surface area contributed by atoms with Crippen molar-refractivity contribution in [1.82, 2.24) is 4.90 Å². The standard InChI is InChI=1S/C15H20N2O3/c1-10-7-8-17(13(10)15(19)20)14(18)12(16)9-11-5-3-2-4-6-11/h2-6,10,12-13H,7-9,16H2,1H3,(H,19,20). The van der Waals surface area contributed by atoms with E-state index in [1.54, 1.807) is 0 Å².